The molecule has 1 aromatic carbocycles. The van der Waals surface area contributed by atoms with Gasteiger partial charge < -0.3 is 20.2 Å². The lowest BCUT2D eigenvalue weighted by molar-refractivity contribution is -0.119. The van der Waals surface area contributed by atoms with Crippen molar-refractivity contribution in [1.82, 2.24) is 4.98 Å². The topological polar surface area (TPSA) is 90.4 Å². The molecule has 0 bridgehead atoms. The van der Waals surface area contributed by atoms with Gasteiger partial charge in [0.25, 0.3) is 6.01 Å². The molecule has 1 aromatic heterocycles. The molecule has 2 heterocycles. The van der Waals surface area contributed by atoms with E-state index in [1.807, 2.05) is 0 Å². The van der Waals surface area contributed by atoms with Crippen molar-refractivity contribution in [3.63, 3.8) is 0 Å². The number of halogens is 2. The molecular formula is C13H13Cl2N3O3. The quantitative estimate of drug-likeness (QED) is 0.898. The normalized spacial score (nSPS) is 19.8. The third-order valence-corrected chi connectivity index (χ3v) is 3.93. The Kier molecular flexibility index (Phi) is 3.93. The highest BCUT2D eigenvalue weighted by Gasteiger charge is 2.31. The van der Waals surface area contributed by atoms with Gasteiger partial charge >= 0.3 is 0 Å². The number of amides is 1. The molecule has 2 unspecified atom stereocenters. The highest BCUT2D eigenvalue weighted by atomic mass is 35.5. The van der Waals surface area contributed by atoms with Gasteiger partial charge in [0.2, 0.25) is 5.91 Å². The van der Waals surface area contributed by atoms with Crippen LogP contribution in [0, 0.1) is 5.92 Å². The number of ether oxygens (including phenoxy) is 1. The maximum Gasteiger partial charge on any atom is 0.296 e. The van der Waals surface area contributed by atoms with Crippen LogP contribution in [0.15, 0.2) is 16.5 Å². The number of nitrogens with zero attached hydrogens (tertiary/aromatic N) is 1. The Balaban J connectivity index is 1.89. The first kappa shape index (κ1) is 14.4. The molecule has 1 fully saturated rings. The molecule has 0 aliphatic carbocycles. The summed E-state index contributed by atoms with van der Waals surface area (Å²) in [5, 5.41) is 3.74. The predicted octanol–water partition coefficient (Wildman–Crippen LogP) is 2.44. The molecule has 3 N–H and O–H groups in total. The zero-order chi connectivity index (χ0) is 15.0. The number of anilines is 1. The van der Waals surface area contributed by atoms with E-state index in [4.69, 9.17) is 38.1 Å². The Hall–Kier alpha value is -1.50. The number of oxazole rings is 1. The van der Waals surface area contributed by atoms with Gasteiger partial charge in [-0.15, -0.1) is 0 Å². The number of aromatic nitrogens is 1. The molecule has 112 valence electrons. The average molecular weight is 330 g/mol. The van der Waals surface area contributed by atoms with Crippen molar-refractivity contribution in [3.8, 4) is 0 Å². The molecule has 1 aliphatic heterocycles. The van der Waals surface area contributed by atoms with E-state index in [9.17, 15) is 4.79 Å². The Morgan fingerprint density at radius 1 is 1.48 bits per heavy atom. The number of fused-ring (bicyclic) bond motifs is 1. The number of hydrogen-bond acceptors (Lipinski definition) is 5. The lowest BCUT2D eigenvalue weighted by Crippen LogP contribution is -2.42. The number of carbonyl (C=O) groups excluding carboxylic acids is 1. The van der Waals surface area contributed by atoms with E-state index in [1.54, 1.807) is 12.1 Å². The summed E-state index contributed by atoms with van der Waals surface area (Å²) in [6.45, 7) is 1.10. The SMILES string of the molecule is NC(=O)C(Nc1nc2cc(Cl)cc(Cl)c2o1)C1CCOC1. The lowest BCUT2D eigenvalue weighted by Gasteiger charge is -2.19. The van der Waals surface area contributed by atoms with Crippen LogP contribution < -0.4 is 11.1 Å². The maximum absolute atomic E-state index is 11.6. The number of nitrogens with one attached hydrogen (secondary N) is 1. The van der Waals surface area contributed by atoms with Crippen molar-refractivity contribution in [1.29, 1.82) is 0 Å². The first-order valence-electron chi connectivity index (χ1n) is 6.44. The predicted molar refractivity (Wildman–Crippen MR) is 79.6 cm³/mol. The van der Waals surface area contributed by atoms with Gasteiger partial charge in [0.1, 0.15) is 11.6 Å². The van der Waals surface area contributed by atoms with E-state index in [0.29, 0.717) is 34.4 Å². The van der Waals surface area contributed by atoms with Crippen LogP contribution in [0.1, 0.15) is 6.42 Å². The molecule has 1 amide bonds. The summed E-state index contributed by atoms with van der Waals surface area (Å²) in [4.78, 5) is 15.8. The summed E-state index contributed by atoms with van der Waals surface area (Å²) in [5.41, 5.74) is 6.37. The van der Waals surface area contributed by atoms with Gasteiger partial charge in [-0.05, 0) is 18.6 Å². The number of carbonyl (C=O) groups is 1. The van der Waals surface area contributed by atoms with Crippen LogP contribution in [0.4, 0.5) is 6.01 Å². The van der Waals surface area contributed by atoms with Crippen molar-refractivity contribution in [2.75, 3.05) is 18.5 Å². The molecule has 21 heavy (non-hydrogen) atoms. The first-order chi connectivity index (χ1) is 10.0. The zero-order valence-electron chi connectivity index (χ0n) is 10.9. The van der Waals surface area contributed by atoms with E-state index in [-0.39, 0.29) is 11.9 Å². The molecule has 2 aromatic rings. The van der Waals surface area contributed by atoms with Gasteiger partial charge in [0.05, 0.1) is 11.6 Å². The van der Waals surface area contributed by atoms with Crippen LogP contribution in [0.25, 0.3) is 11.1 Å². The van der Waals surface area contributed by atoms with Crippen molar-refractivity contribution in [3.05, 3.63) is 22.2 Å². The van der Waals surface area contributed by atoms with Crippen LogP contribution in [-0.4, -0.2) is 30.1 Å². The largest absolute Gasteiger partial charge is 0.422 e. The van der Waals surface area contributed by atoms with Crippen LogP contribution in [0.5, 0.6) is 0 Å². The van der Waals surface area contributed by atoms with Gasteiger partial charge in [-0.3, -0.25) is 4.79 Å². The molecule has 0 saturated carbocycles. The van der Waals surface area contributed by atoms with Crippen LogP contribution in [0.2, 0.25) is 10.0 Å². The fourth-order valence-electron chi connectivity index (χ4n) is 2.39. The van der Waals surface area contributed by atoms with Crippen molar-refractivity contribution in [2.24, 2.45) is 11.7 Å². The molecule has 2 atom stereocenters. The molecule has 3 rings (SSSR count). The minimum absolute atomic E-state index is 0.00317. The summed E-state index contributed by atoms with van der Waals surface area (Å²) >= 11 is 12.0. The van der Waals surface area contributed by atoms with Crippen molar-refractivity contribution < 1.29 is 13.9 Å². The average Bonchev–Trinajstić information content (AvgIpc) is 3.03. The van der Waals surface area contributed by atoms with Gasteiger partial charge in [-0.2, -0.15) is 4.98 Å². The lowest BCUT2D eigenvalue weighted by atomic mass is 9.99. The fraction of sp³-hybridized carbons (Fsp3) is 0.385. The summed E-state index contributed by atoms with van der Waals surface area (Å²) in [6, 6.07) is 2.78. The van der Waals surface area contributed by atoms with Crippen molar-refractivity contribution >= 4 is 46.2 Å². The molecular weight excluding hydrogens is 317 g/mol. The first-order valence-corrected chi connectivity index (χ1v) is 7.19. The highest BCUT2D eigenvalue weighted by Crippen LogP contribution is 2.30. The Bertz CT molecular complexity index is 683. The highest BCUT2D eigenvalue weighted by molar-refractivity contribution is 6.38. The smallest absolute Gasteiger partial charge is 0.296 e. The minimum atomic E-state index is -0.602. The zero-order valence-corrected chi connectivity index (χ0v) is 12.4. The summed E-state index contributed by atoms with van der Waals surface area (Å²) in [6.07, 6.45) is 0.757. The summed E-state index contributed by atoms with van der Waals surface area (Å²) in [7, 11) is 0. The Morgan fingerprint density at radius 3 is 2.95 bits per heavy atom. The summed E-state index contributed by atoms with van der Waals surface area (Å²) < 4.78 is 10.8. The van der Waals surface area contributed by atoms with E-state index in [1.165, 1.54) is 0 Å². The third kappa shape index (κ3) is 2.92. The second-order valence-electron chi connectivity index (χ2n) is 4.90. The minimum Gasteiger partial charge on any atom is -0.422 e. The van der Waals surface area contributed by atoms with Crippen LogP contribution in [0.3, 0.4) is 0 Å². The van der Waals surface area contributed by atoms with E-state index < -0.39 is 11.9 Å². The number of benzene rings is 1. The van der Waals surface area contributed by atoms with Gasteiger partial charge in [-0.1, -0.05) is 23.2 Å². The number of nitrogens with two attached hydrogens (primary N) is 1. The standard InChI is InChI=1S/C13H13Cl2N3O3/c14-7-3-8(15)11-9(4-7)17-13(21-11)18-10(12(16)19)6-1-2-20-5-6/h3-4,6,10H,1-2,5H2,(H2,16,19)(H,17,18). The second kappa shape index (κ2) is 5.71. The molecule has 1 saturated heterocycles. The number of primary amides is 1. The van der Waals surface area contributed by atoms with Crippen LogP contribution in [-0.2, 0) is 9.53 Å². The van der Waals surface area contributed by atoms with E-state index in [0.717, 1.165) is 6.42 Å². The second-order valence-corrected chi connectivity index (χ2v) is 5.75. The number of rotatable bonds is 4. The van der Waals surface area contributed by atoms with Gasteiger partial charge in [-0.25, -0.2) is 0 Å². The molecule has 0 spiro atoms. The third-order valence-electron chi connectivity index (χ3n) is 3.43. The van der Waals surface area contributed by atoms with Crippen molar-refractivity contribution in [2.45, 2.75) is 12.5 Å². The van der Waals surface area contributed by atoms with Gasteiger partial charge in [0, 0.05) is 17.5 Å². The maximum atomic E-state index is 11.6. The number of hydrogen-bond donors (Lipinski definition) is 2. The fourth-order valence-corrected chi connectivity index (χ4v) is 2.91. The molecule has 1 aliphatic rings. The monoisotopic (exact) mass is 329 g/mol. The van der Waals surface area contributed by atoms with E-state index >= 15 is 0 Å². The Morgan fingerprint density at radius 2 is 2.29 bits per heavy atom. The van der Waals surface area contributed by atoms with Gasteiger partial charge in [0.15, 0.2) is 5.58 Å². The molecule has 8 heteroatoms. The van der Waals surface area contributed by atoms with Crippen LogP contribution >= 0.6 is 23.2 Å². The Labute approximate surface area is 130 Å². The van der Waals surface area contributed by atoms with E-state index in [2.05, 4.69) is 10.3 Å². The molecule has 6 nitrogen and oxygen atoms in total. The molecule has 0 radical (unpaired) electrons. The summed E-state index contributed by atoms with van der Waals surface area (Å²) in [5.74, 6) is -0.478.